The summed E-state index contributed by atoms with van der Waals surface area (Å²) >= 11 is 0. The van der Waals surface area contributed by atoms with Crippen molar-refractivity contribution in [2.45, 2.75) is 13.8 Å². The van der Waals surface area contributed by atoms with E-state index < -0.39 is 0 Å². The molecule has 5 aromatic rings. The van der Waals surface area contributed by atoms with Crippen LogP contribution in [0.15, 0.2) is 55.2 Å². The summed E-state index contributed by atoms with van der Waals surface area (Å²) in [7, 11) is 1.98. The van der Waals surface area contributed by atoms with Gasteiger partial charge in [-0.3, -0.25) is 4.84 Å². The Kier molecular flexibility index (Phi) is 6.44. The van der Waals surface area contributed by atoms with Crippen molar-refractivity contribution in [3.8, 4) is 11.5 Å². The number of ether oxygens (including phenoxy) is 1. The SMILES string of the molecule is CCON1CCN(c2ncc3ncnc(Nc4ccc(Oc5ccc6c(c5)ncn6C)c(C)c4)c3n2)CC1. The second-order valence-corrected chi connectivity index (χ2v) is 9.17. The van der Waals surface area contributed by atoms with Crippen molar-refractivity contribution in [1.29, 1.82) is 0 Å². The van der Waals surface area contributed by atoms with Crippen LogP contribution >= 0.6 is 0 Å². The Morgan fingerprint density at radius 3 is 2.63 bits per heavy atom. The van der Waals surface area contributed by atoms with Gasteiger partial charge in [0.25, 0.3) is 0 Å². The summed E-state index contributed by atoms with van der Waals surface area (Å²) in [6.45, 7) is 7.86. The summed E-state index contributed by atoms with van der Waals surface area (Å²) in [5.74, 6) is 2.80. The maximum Gasteiger partial charge on any atom is 0.226 e. The number of nitrogens with zero attached hydrogens (tertiary/aromatic N) is 8. The van der Waals surface area contributed by atoms with Crippen molar-refractivity contribution in [1.82, 2.24) is 34.6 Å². The van der Waals surface area contributed by atoms with E-state index in [9.17, 15) is 0 Å². The molecule has 2 aromatic carbocycles. The zero-order valence-electron chi connectivity index (χ0n) is 21.6. The van der Waals surface area contributed by atoms with Crippen LogP contribution in [0.5, 0.6) is 11.5 Å². The highest BCUT2D eigenvalue weighted by molar-refractivity contribution is 5.87. The van der Waals surface area contributed by atoms with Crippen LogP contribution < -0.4 is 15.0 Å². The summed E-state index contributed by atoms with van der Waals surface area (Å²) < 4.78 is 8.15. The molecule has 4 heterocycles. The lowest BCUT2D eigenvalue weighted by Gasteiger charge is -2.33. The quantitative estimate of drug-likeness (QED) is 0.341. The lowest BCUT2D eigenvalue weighted by Crippen LogP contribution is -2.46. The van der Waals surface area contributed by atoms with Gasteiger partial charge in [0.05, 0.1) is 30.2 Å². The number of fused-ring (bicyclic) bond motifs is 2. The van der Waals surface area contributed by atoms with Crippen molar-refractivity contribution < 1.29 is 9.57 Å². The number of imidazole rings is 1. The van der Waals surface area contributed by atoms with Crippen molar-refractivity contribution in [2.75, 3.05) is 43.0 Å². The van der Waals surface area contributed by atoms with Gasteiger partial charge in [0.2, 0.25) is 5.95 Å². The van der Waals surface area contributed by atoms with Crippen LogP contribution in [0.1, 0.15) is 12.5 Å². The molecule has 1 fully saturated rings. The zero-order valence-corrected chi connectivity index (χ0v) is 21.6. The van der Waals surface area contributed by atoms with E-state index in [0.717, 1.165) is 60.0 Å². The molecule has 0 atom stereocenters. The third-order valence-electron chi connectivity index (χ3n) is 6.56. The summed E-state index contributed by atoms with van der Waals surface area (Å²) in [6, 6.07) is 11.8. The lowest BCUT2D eigenvalue weighted by atomic mass is 10.2. The van der Waals surface area contributed by atoms with Crippen LogP contribution in [0.4, 0.5) is 17.5 Å². The molecule has 0 bridgehead atoms. The van der Waals surface area contributed by atoms with E-state index in [2.05, 4.69) is 30.2 Å². The van der Waals surface area contributed by atoms with Gasteiger partial charge in [-0.1, -0.05) is 0 Å². The molecule has 0 unspecified atom stereocenters. The fourth-order valence-electron chi connectivity index (χ4n) is 4.57. The molecule has 38 heavy (non-hydrogen) atoms. The number of nitrogens with one attached hydrogen (secondary N) is 1. The Hall–Kier alpha value is -4.35. The first kappa shape index (κ1) is 24.0. The number of hydrogen-bond donors (Lipinski definition) is 1. The maximum atomic E-state index is 6.17. The molecule has 11 nitrogen and oxygen atoms in total. The molecule has 1 saturated heterocycles. The van der Waals surface area contributed by atoms with Crippen molar-refractivity contribution in [3.63, 3.8) is 0 Å². The topological polar surface area (TPSA) is 106 Å². The van der Waals surface area contributed by atoms with Crippen molar-refractivity contribution in [3.05, 3.63) is 60.8 Å². The molecule has 1 aliphatic heterocycles. The molecule has 0 radical (unpaired) electrons. The van der Waals surface area contributed by atoms with Crippen LogP contribution in [0.25, 0.3) is 22.1 Å². The van der Waals surface area contributed by atoms with Crippen LogP contribution in [0.3, 0.4) is 0 Å². The van der Waals surface area contributed by atoms with E-state index in [1.165, 1.54) is 6.33 Å². The molecule has 0 amide bonds. The fourth-order valence-corrected chi connectivity index (χ4v) is 4.57. The summed E-state index contributed by atoms with van der Waals surface area (Å²) in [5, 5.41) is 5.39. The average molecular weight is 512 g/mol. The minimum Gasteiger partial charge on any atom is -0.457 e. The van der Waals surface area contributed by atoms with Crippen molar-refractivity contribution in [2.24, 2.45) is 7.05 Å². The van der Waals surface area contributed by atoms with Crippen LogP contribution in [0, 0.1) is 6.92 Å². The highest BCUT2D eigenvalue weighted by Gasteiger charge is 2.20. The number of aromatic nitrogens is 6. The molecular formula is C27H29N9O2. The Balaban J connectivity index is 1.20. The van der Waals surface area contributed by atoms with Crippen LogP contribution in [-0.2, 0) is 11.9 Å². The monoisotopic (exact) mass is 511 g/mol. The van der Waals surface area contributed by atoms with Gasteiger partial charge in [0, 0.05) is 45.0 Å². The third-order valence-corrected chi connectivity index (χ3v) is 6.56. The molecule has 1 N–H and O–H groups in total. The molecule has 6 rings (SSSR count). The first-order valence-electron chi connectivity index (χ1n) is 12.6. The van der Waals surface area contributed by atoms with E-state index in [4.69, 9.17) is 14.6 Å². The first-order chi connectivity index (χ1) is 18.6. The number of hydrogen-bond acceptors (Lipinski definition) is 10. The minimum atomic E-state index is 0.625. The van der Waals surface area contributed by atoms with Gasteiger partial charge in [0.15, 0.2) is 5.82 Å². The Bertz CT molecular complexity index is 1590. The summed E-state index contributed by atoms with van der Waals surface area (Å²) in [6.07, 6.45) is 5.07. The molecular weight excluding hydrogens is 482 g/mol. The van der Waals surface area contributed by atoms with Crippen molar-refractivity contribution >= 4 is 39.5 Å². The van der Waals surface area contributed by atoms with Gasteiger partial charge >= 0.3 is 0 Å². The van der Waals surface area contributed by atoms with E-state index in [0.29, 0.717) is 29.4 Å². The van der Waals surface area contributed by atoms with Gasteiger partial charge in [-0.2, -0.15) is 5.06 Å². The van der Waals surface area contributed by atoms with E-state index >= 15 is 0 Å². The Labute approximate surface area is 220 Å². The van der Waals surface area contributed by atoms with Gasteiger partial charge in [-0.15, -0.1) is 0 Å². The molecule has 194 valence electrons. The number of rotatable bonds is 7. The van der Waals surface area contributed by atoms with Gasteiger partial charge in [-0.25, -0.2) is 24.9 Å². The predicted octanol–water partition coefficient (Wildman–Crippen LogP) is 4.22. The van der Waals surface area contributed by atoms with E-state index in [-0.39, 0.29) is 0 Å². The fraction of sp³-hybridized carbons (Fsp3) is 0.296. The van der Waals surface area contributed by atoms with Crippen LogP contribution in [0.2, 0.25) is 0 Å². The zero-order chi connectivity index (χ0) is 26.1. The highest BCUT2D eigenvalue weighted by Crippen LogP contribution is 2.31. The van der Waals surface area contributed by atoms with Crippen LogP contribution in [-0.4, -0.2) is 67.3 Å². The average Bonchev–Trinajstić information content (AvgIpc) is 3.30. The molecule has 0 aliphatic carbocycles. The summed E-state index contributed by atoms with van der Waals surface area (Å²) in [5.41, 5.74) is 5.17. The van der Waals surface area contributed by atoms with E-state index in [1.807, 2.05) is 66.9 Å². The molecule has 3 aromatic heterocycles. The highest BCUT2D eigenvalue weighted by atomic mass is 16.7. The van der Waals surface area contributed by atoms with Gasteiger partial charge in [0.1, 0.15) is 28.9 Å². The Morgan fingerprint density at radius 2 is 1.82 bits per heavy atom. The molecule has 0 spiro atoms. The minimum absolute atomic E-state index is 0.625. The Morgan fingerprint density at radius 1 is 0.947 bits per heavy atom. The summed E-state index contributed by atoms with van der Waals surface area (Å²) in [4.78, 5) is 30.4. The maximum absolute atomic E-state index is 6.17. The molecule has 0 saturated carbocycles. The number of aryl methyl sites for hydroxylation is 2. The number of benzene rings is 2. The molecule has 11 heteroatoms. The third kappa shape index (κ3) is 4.81. The predicted molar refractivity (Wildman–Crippen MR) is 146 cm³/mol. The largest absolute Gasteiger partial charge is 0.457 e. The second kappa shape index (κ2) is 10.2. The standard InChI is InChI=1S/C27H29N9O2/c1-4-37-36-11-9-35(10-12-36)27-28-15-22-25(33-27)26(30-16-29-22)32-19-5-8-24(18(2)13-19)38-20-6-7-23-21(14-20)31-17-34(23)3/h5-8,13-17H,4,9-12H2,1-3H3,(H,29,30,32). The van der Waals surface area contributed by atoms with E-state index in [1.54, 1.807) is 12.5 Å². The first-order valence-corrected chi connectivity index (χ1v) is 12.6. The number of anilines is 3. The van der Waals surface area contributed by atoms with Gasteiger partial charge < -0.3 is 19.5 Å². The second-order valence-electron chi connectivity index (χ2n) is 9.17. The lowest BCUT2D eigenvalue weighted by molar-refractivity contribution is -0.156. The number of piperazine rings is 1. The number of hydroxylamine groups is 2. The smallest absolute Gasteiger partial charge is 0.226 e. The molecule has 1 aliphatic rings. The van der Waals surface area contributed by atoms with Gasteiger partial charge in [-0.05, 0) is 49.7 Å². The normalized spacial score (nSPS) is 14.3.